The van der Waals surface area contributed by atoms with E-state index in [0.717, 1.165) is 6.42 Å². The molecule has 1 atom stereocenters. The van der Waals surface area contributed by atoms with E-state index >= 15 is 0 Å². The maximum absolute atomic E-state index is 11.8. The first-order chi connectivity index (χ1) is 8.15. The third kappa shape index (κ3) is 3.28. The van der Waals surface area contributed by atoms with Crippen LogP contribution in [0.1, 0.15) is 22.3 Å². The summed E-state index contributed by atoms with van der Waals surface area (Å²) < 4.78 is 0. The van der Waals surface area contributed by atoms with Crippen molar-refractivity contribution >= 4 is 33.7 Å². The topological polar surface area (TPSA) is 68.0 Å². The SMILES string of the molecule is CC(Cc1cccs1)NC(=O)c1csc(N)n1. The van der Waals surface area contributed by atoms with Crippen LogP contribution in [-0.4, -0.2) is 16.9 Å². The van der Waals surface area contributed by atoms with E-state index in [9.17, 15) is 4.79 Å². The number of nitrogens with one attached hydrogen (secondary N) is 1. The van der Waals surface area contributed by atoms with Gasteiger partial charge in [-0.2, -0.15) is 0 Å². The maximum atomic E-state index is 11.8. The number of hydrogen-bond donors (Lipinski definition) is 2. The van der Waals surface area contributed by atoms with Gasteiger partial charge in [0.2, 0.25) is 0 Å². The van der Waals surface area contributed by atoms with E-state index in [0.29, 0.717) is 10.8 Å². The van der Waals surface area contributed by atoms with Crippen LogP contribution in [0, 0.1) is 0 Å². The van der Waals surface area contributed by atoms with Crippen molar-refractivity contribution in [3.05, 3.63) is 33.5 Å². The molecule has 1 amide bonds. The van der Waals surface area contributed by atoms with Crippen molar-refractivity contribution in [3.8, 4) is 0 Å². The van der Waals surface area contributed by atoms with Crippen molar-refractivity contribution in [3.63, 3.8) is 0 Å². The molecule has 1 unspecified atom stereocenters. The Kier molecular flexibility index (Phi) is 3.75. The van der Waals surface area contributed by atoms with Crippen LogP contribution < -0.4 is 11.1 Å². The van der Waals surface area contributed by atoms with Crippen LogP contribution in [0.4, 0.5) is 5.13 Å². The van der Waals surface area contributed by atoms with Crippen LogP contribution in [0.3, 0.4) is 0 Å². The second-order valence-corrected chi connectivity index (χ2v) is 5.65. The second-order valence-electron chi connectivity index (χ2n) is 3.73. The molecule has 3 N–H and O–H groups in total. The fourth-order valence-electron chi connectivity index (χ4n) is 1.47. The number of carbonyl (C=O) groups excluding carboxylic acids is 1. The van der Waals surface area contributed by atoms with Gasteiger partial charge >= 0.3 is 0 Å². The van der Waals surface area contributed by atoms with Crippen molar-refractivity contribution in [2.45, 2.75) is 19.4 Å². The standard InChI is InChI=1S/C11H13N3OS2/c1-7(5-8-3-2-4-16-8)13-10(15)9-6-17-11(12)14-9/h2-4,6-7H,5H2,1H3,(H2,12,14)(H,13,15). The molecule has 0 aliphatic heterocycles. The minimum atomic E-state index is -0.165. The third-order valence-corrected chi connectivity index (χ3v) is 3.79. The smallest absolute Gasteiger partial charge is 0.271 e. The molecule has 2 aromatic rings. The van der Waals surface area contributed by atoms with Gasteiger partial charge < -0.3 is 11.1 Å². The molecule has 2 heterocycles. The summed E-state index contributed by atoms with van der Waals surface area (Å²) in [7, 11) is 0. The van der Waals surface area contributed by atoms with Gasteiger partial charge in [0, 0.05) is 22.7 Å². The van der Waals surface area contributed by atoms with Crippen LogP contribution in [0.2, 0.25) is 0 Å². The average molecular weight is 267 g/mol. The highest BCUT2D eigenvalue weighted by molar-refractivity contribution is 7.13. The maximum Gasteiger partial charge on any atom is 0.271 e. The lowest BCUT2D eigenvalue weighted by molar-refractivity contribution is 0.0936. The van der Waals surface area contributed by atoms with Crippen molar-refractivity contribution in [2.75, 3.05) is 5.73 Å². The molecular weight excluding hydrogens is 254 g/mol. The molecule has 0 aromatic carbocycles. The molecule has 2 rings (SSSR count). The lowest BCUT2D eigenvalue weighted by Crippen LogP contribution is -2.34. The Morgan fingerprint density at radius 1 is 1.59 bits per heavy atom. The number of amides is 1. The predicted molar refractivity (Wildman–Crippen MR) is 71.5 cm³/mol. The van der Waals surface area contributed by atoms with Crippen LogP contribution in [0.5, 0.6) is 0 Å². The Morgan fingerprint density at radius 2 is 2.41 bits per heavy atom. The summed E-state index contributed by atoms with van der Waals surface area (Å²) in [4.78, 5) is 17.0. The van der Waals surface area contributed by atoms with Crippen LogP contribution in [-0.2, 0) is 6.42 Å². The largest absolute Gasteiger partial charge is 0.375 e. The van der Waals surface area contributed by atoms with Crippen molar-refractivity contribution in [1.29, 1.82) is 0 Å². The molecular formula is C11H13N3OS2. The van der Waals surface area contributed by atoms with Crippen molar-refractivity contribution < 1.29 is 4.79 Å². The van der Waals surface area contributed by atoms with Gasteiger partial charge in [-0.05, 0) is 18.4 Å². The first kappa shape index (κ1) is 12.1. The number of anilines is 1. The number of nitrogens with two attached hydrogens (primary N) is 1. The molecule has 0 spiro atoms. The summed E-state index contributed by atoms with van der Waals surface area (Å²) in [5.74, 6) is -0.165. The first-order valence-corrected chi connectivity index (χ1v) is 6.95. The summed E-state index contributed by atoms with van der Waals surface area (Å²) in [6, 6.07) is 4.16. The quantitative estimate of drug-likeness (QED) is 0.892. The number of thiophene rings is 1. The third-order valence-electron chi connectivity index (χ3n) is 2.22. The lowest BCUT2D eigenvalue weighted by Gasteiger charge is -2.11. The molecule has 0 saturated heterocycles. The van der Waals surface area contributed by atoms with E-state index in [1.807, 2.05) is 18.4 Å². The Labute approximate surface area is 107 Å². The summed E-state index contributed by atoms with van der Waals surface area (Å²) >= 11 is 2.97. The number of nitrogen functional groups attached to an aromatic ring is 1. The minimum absolute atomic E-state index is 0.0871. The van der Waals surface area contributed by atoms with Gasteiger partial charge in [-0.25, -0.2) is 4.98 Å². The van der Waals surface area contributed by atoms with E-state index in [1.54, 1.807) is 16.7 Å². The summed E-state index contributed by atoms with van der Waals surface area (Å²) in [5, 5.41) is 7.02. The fraction of sp³-hybridized carbons (Fsp3) is 0.273. The van der Waals surface area contributed by atoms with Gasteiger partial charge in [-0.3, -0.25) is 4.79 Å². The molecule has 0 aliphatic carbocycles. The zero-order valence-corrected chi connectivity index (χ0v) is 11.0. The number of rotatable bonds is 4. The second kappa shape index (κ2) is 5.29. The van der Waals surface area contributed by atoms with Crippen molar-refractivity contribution in [2.24, 2.45) is 0 Å². The molecule has 0 radical (unpaired) electrons. The van der Waals surface area contributed by atoms with Gasteiger partial charge in [0.15, 0.2) is 5.13 Å². The van der Waals surface area contributed by atoms with Crippen LogP contribution in [0.15, 0.2) is 22.9 Å². The molecule has 6 heteroatoms. The van der Waals surface area contributed by atoms with Gasteiger partial charge in [0.25, 0.3) is 5.91 Å². The van der Waals surface area contributed by atoms with Gasteiger partial charge in [0.05, 0.1) is 0 Å². The molecule has 4 nitrogen and oxygen atoms in total. The van der Waals surface area contributed by atoms with Crippen LogP contribution in [0.25, 0.3) is 0 Å². The van der Waals surface area contributed by atoms with Gasteiger partial charge in [0.1, 0.15) is 5.69 Å². The fourth-order valence-corrected chi connectivity index (χ4v) is 2.85. The molecule has 0 saturated carbocycles. The molecule has 2 aromatic heterocycles. The monoisotopic (exact) mass is 267 g/mol. The number of thiazole rings is 1. The summed E-state index contributed by atoms with van der Waals surface area (Å²) in [5.41, 5.74) is 5.88. The summed E-state index contributed by atoms with van der Waals surface area (Å²) in [6.45, 7) is 1.98. The summed E-state index contributed by atoms with van der Waals surface area (Å²) in [6.07, 6.45) is 0.836. The predicted octanol–water partition coefficient (Wildman–Crippen LogP) is 2.15. The Bertz CT molecular complexity index is 493. The minimum Gasteiger partial charge on any atom is -0.375 e. The highest BCUT2D eigenvalue weighted by Crippen LogP contribution is 2.13. The zero-order chi connectivity index (χ0) is 12.3. The van der Waals surface area contributed by atoms with E-state index < -0.39 is 0 Å². The van der Waals surface area contributed by atoms with E-state index in [2.05, 4.69) is 16.4 Å². The number of nitrogens with zero attached hydrogens (tertiary/aromatic N) is 1. The molecule has 0 fully saturated rings. The Balaban J connectivity index is 1.90. The number of hydrogen-bond acceptors (Lipinski definition) is 5. The zero-order valence-electron chi connectivity index (χ0n) is 9.34. The average Bonchev–Trinajstić information content (AvgIpc) is 2.89. The van der Waals surface area contributed by atoms with Gasteiger partial charge in [-0.1, -0.05) is 6.07 Å². The van der Waals surface area contributed by atoms with E-state index in [-0.39, 0.29) is 11.9 Å². The molecule has 17 heavy (non-hydrogen) atoms. The first-order valence-electron chi connectivity index (χ1n) is 5.19. The highest BCUT2D eigenvalue weighted by Gasteiger charge is 2.13. The van der Waals surface area contributed by atoms with E-state index in [1.165, 1.54) is 16.2 Å². The normalized spacial score (nSPS) is 12.3. The molecule has 90 valence electrons. The number of aromatic nitrogens is 1. The lowest BCUT2D eigenvalue weighted by atomic mass is 10.2. The van der Waals surface area contributed by atoms with Gasteiger partial charge in [-0.15, -0.1) is 22.7 Å². The van der Waals surface area contributed by atoms with E-state index in [4.69, 9.17) is 5.73 Å². The van der Waals surface area contributed by atoms with Crippen LogP contribution >= 0.6 is 22.7 Å². The molecule has 0 bridgehead atoms. The number of carbonyl (C=O) groups is 1. The molecule has 0 aliphatic rings. The van der Waals surface area contributed by atoms with Crippen molar-refractivity contribution in [1.82, 2.24) is 10.3 Å². The highest BCUT2D eigenvalue weighted by atomic mass is 32.1. The Hall–Kier alpha value is -1.40. The Morgan fingerprint density at radius 3 is 3.00 bits per heavy atom.